The maximum absolute atomic E-state index is 6.06. The maximum atomic E-state index is 6.06. The minimum absolute atomic E-state index is 0.357. The van der Waals surface area contributed by atoms with Gasteiger partial charge in [-0.25, -0.2) is 9.97 Å². The summed E-state index contributed by atoms with van der Waals surface area (Å²) in [5, 5.41) is 3.40. The van der Waals surface area contributed by atoms with Gasteiger partial charge in [0.05, 0.1) is 0 Å². The zero-order valence-corrected chi connectivity index (χ0v) is 10.7. The van der Waals surface area contributed by atoms with Crippen molar-refractivity contribution in [3.05, 3.63) is 17.6 Å². The van der Waals surface area contributed by atoms with E-state index >= 15 is 0 Å². The van der Waals surface area contributed by atoms with Crippen molar-refractivity contribution in [3.8, 4) is 0 Å². The topological polar surface area (TPSA) is 63.8 Å². The van der Waals surface area contributed by atoms with E-state index in [-0.39, 0.29) is 0 Å². The van der Waals surface area contributed by atoms with E-state index in [1.807, 2.05) is 13.0 Å². The molecular formula is C13H22N4. The molecule has 1 aromatic heterocycles. The molecular weight excluding hydrogens is 212 g/mol. The van der Waals surface area contributed by atoms with Gasteiger partial charge in [0.25, 0.3) is 0 Å². The standard InChI is InChI=1S/C13H22N4/c1-3-11-7-13(17-9(2)16-11)15-8-10-5-4-6-12(10)14/h7,10,12H,3-6,8,14H2,1-2H3,(H,15,16,17). The van der Waals surface area contributed by atoms with Gasteiger partial charge in [-0.1, -0.05) is 13.3 Å². The number of nitrogens with zero attached hydrogens (tertiary/aromatic N) is 2. The number of nitrogens with one attached hydrogen (secondary N) is 1. The molecule has 1 saturated carbocycles. The van der Waals surface area contributed by atoms with Crippen molar-refractivity contribution in [2.45, 2.75) is 45.6 Å². The second kappa shape index (κ2) is 5.45. The number of nitrogens with two attached hydrogens (primary N) is 1. The lowest BCUT2D eigenvalue weighted by molar-refractivity contribution is 0.504. The van der Waals surface area contributed by atoms with Crippen LogP contribution in [0.5, 0.6) is 0 Å². The van der Waals surface area contributed by atoms with Gasteiger partial charge >= 0.3 is 0 Å². The van der Waals surface area contributed by atoms with Crippen molar-refractivity contribution in [3.63, 3.8) is 0 Å². The fourth-order valence-electron chi connectivity index (χ4n) is 2.46. The molecule has 1 aliphatic carbocycles. The summed E-state index contributed by atoms with van der Waals surface area (Å²) < 4.78 is 0. The summed E-state index contributed by atoms with van der Waals surface area (Å²) in [5.74, 6) is 2.37. The van der Waals surface area contributed by atoms with Crippen LogP contribution < -0.4 is 11.1 Å². The average Bonchev–Trinajstić information content (AvgIpc) is 2.71. The van der Waals surface area contributed by atoms with Crippen LogP contribution in [0.25, 0.3) is 0 Å². The molecule has 1 fully saturated rings. The van der Waals surface area contributed by atoms with Crippen molar-refractivity contribution in [2.75, 3.05) is 11.9 Å². The fraction of sp³-hybridized carbons (Fsp3) is 0.692. The number of anilines is 1. The Morgan fingerprint density at radius 1 is 1.41 bits per heavy atom. The Morgan fingerprint density at radius 2 is 2.24 bits per heavy atom. The Balaban J connectivity index is 1.96. The van der Waals surface area contributed by atoms with Crippen molar-refractivity contribution >= 4 is 5.82 Å². The van der Waals surface area contributed by atoms with Crippen LogP contribution in [0.1, 0.15) is 37.7 Å². The van der Waals surface area contributed by atoms with E-state index in [0.717, 1.165) is 36.7 Å². The number of aromatic nitrogens is 2. The van der Waals surface area contributed by atoms with Gasteiger partial charge in [0.1, 0.15) is 11.6 Å². The lowest BCUT2D eigenvalue weighted by atomic mass is 10.1. The van der Waals surface area contributed by atoms with E-state index < -0.39 is 0 Å². The van der Waals surface area contributed by atoms with Crippen LogP contribution in [0.15, 0.2) is 6.07 Å². The molecule has 4 nitrogen and oxygen atoms in total. The normalized spacial score (nSPS) is 23.9. The zero-order valence-electron chi connectivity index (χ0n) is 10.7. The molecule has 4 heteroatoms. The Hall–Kier alpha value is -1.16. The highest BCUT2D eigenvalue weighted by Crippen LogP contribution is 2.24. The van der Waals surface area contributed by atoms with Gasteiger partial charge in [0.15, 0.2) is 0 Å². The molecule has 17 heavy (non-hydrogen) atoms. The SMILES string of the molecule is CCc1cc(NCC2CCCC2N)nc(C)n1. The molecule has 0 spiro atoms. The summed E-state index contributed by atoms with van der Waals surface area (Å²) in [7, 11) is 0. The molecule has 0 aromatic carbocycles. The van der Waals surface area contributed by atoms with Crippen LogP contribution in [0, 0.1) is 12.8 Å². The summed E-state index contributed by atoms with van der Waals surface area (Å²) in [6, 6.07) is 2.39. The summed E-state index contributed by atoms with van der Waals surface area (Å²) >= 11 is 0. The van der Waals surface area contributed by atoms with Crippen LogP contribution in [0.2, 0.25) is 0 Å². The van der Waals surface area contributed by atoms with E-state index in [1.54, 1.807) is 0 Å². The number of hydrogen-bond donors (Lipinski definition) is 2. The first-order valence-corrected chi connectivity index (χ1v) is 6.53. The Morgan fingerprint density at radius 3 is 2.88 bits per heavy atom. The number of rotatable bonds is 4. The number of hydrogen-bond acceptors (Lipinski definition) is 4. The van der Waals surface area contributed by atoms with Crippen molar-refractivity contribution in [1.29, 1.82) is 0 Å². The van der Waals surface area contributed by atoms with Gasteiger partial charge in [-0.2, -0.15) is 0 Å². The molecule has 1 heterocycles. The van der Waals surface area contributed by atoms with E-state index in [1.165, 1.54) is 12.8 Å². The monoisotopic (exact) mass is 234 g/mol. The van der Waals surface area contributed by atoms with Crippen molar-refractivity contribution in [1.82, 2.24) is 9.97 Å². The second-order valence-electron chi connectivity index (χ2n) is 4.88. The maximum Gasteiger partial charge on any atom is 0.129 e. The van der Waals surface area contributed by atoms with E-state index in [2.05, 4.69) is 22.2 Å². The predicted molar refractivity (Wildman–Crippen MR) is 70.0 cm³/mol. The van der Waals surface area contributed by atoms with Gasteiger partial charge in [0, 0.05) is 24.3 Å². The molecule has 2 unspecified atom stereocenters. The summed E-state index contributed by atoms with van der Waals surface area (Å²) in [4.78, 5) is 8.78. The lowest BCUT2D eigenvalue weighted by Crippen LogP contribution is -2.29. The molecule has 0 bridgehead atoms. The second-order valence-corrected chi connectivity index (χ2v) is 4.88. The molecule has 1 aliphatic rings. The first-order chi connectivity index (χ1) is 8.19. The summed E-state index contributed by atoms with van der Waals surface area (Å²) in [6.45, 7) is 4.98. The largest absolute Gasteiger partial charge is 0.370 e. The molecule has 0 saturated heterocycles. The summed E-state index contributed by atoms with van der Waals surface area (Å²) in [5.41, 5.74) is 7.15. The molecule has 0 radical (unpaired) electrons. The van der Waals surface area contributed by atoms with Crippen LogP contribution in [-0.2, 0) is 6.42 Å². The van der Waals surface area contributed by atoms with Crippen LogP contribution >= 0.6 is 0 Å². The molecule has 1 aromatic rings. The Kier molecular flexibility index (Phi) is 3.94. The highest BCUT2D eigenvalue weighted by atomic mass is 15.0. The molecule has 2 atom stereocenters. The number of aryl methyl sites for hydroxylation is 2. The van der Waals surface area contributed by atoms with E-state index in [0.29, 0.717) is 12.0 Å². The third kappa shape index (κ3) is 3.16. The van der Waals surface area contributed by atoms with Gasteiger partial charge < -0.3 is 11.1 Å². The quantitative estimate of drug-likeness (QED) is 0.835. The van der Waals surface area contributed by atoms with Crippen LogP contribution in [0.4, 0.5) is 5.82 Å². The molecule has 2 rings (SSSR count). The Labute approximate surface area is 103 Å². The minimum atomic E-state index is 0.357. The van der Waals surface area contributed by atoms with Gasteiger partial charge in [0.2, 0.25) is 0 Å². The lowest BCUT2D eigenvalue weighted by Gasteiger charge is -2.16. The molecule has 94 valence electrons. The Bertz CT molecular complexity index is 378. The van der Waals surface area contributed by atoms with Crippen molar-refractivity contribution < 1.29 is 0 Å². The third-order valence-corrected chi connectivity index (χ3v) is 3.52. The zero-order chi connectivity index (χ0) is 12.3. The highest BCUT2D eigenvalue weighted by Gasteiger charge is 2.23. The molecule has 3 N–H and O–H groups in total. The first-order valence-electron chi connectivity index (χ1n) is 6.53. The minimum Gasteiger partial charge on any atom is -0.370 e. The average molecular weight is 234 g/mol. The van der Waals surface area contributed by atoms with Crippen molar-refractivity contribution in [2.24, 2.45) is 11.7 Å². The fourth-order valence-corrected chi connectivity index (χ4v) is 2.46. The predicted octanol–water partition coefficient (Wildman–Crippen LogP) is 1.89. The molecule has 0 aliphatic heterocycles. The van der Waals surface area contributed by atoms with Crippen LogP contribution in [0.3, 0.4) is 0 Å². The highest BCUT2D eigenvalue weighted by molar-refractivity contribution is 5.36. The third-order valence-electron chi connectivity index (χ3n) is 3.52. The van der Waals surface area contributed by atoms with E-state index in [4.69, 9.17) is 5.73 Å². The van der Waals surface area contributed by atoms with Gasteiger partial charge in [-0.05, 0) is 32.1 Å². The molecule has 0 amide bonds. The first kappa shape index (κ1) is 12.3. The summed E-state index contributed by atoms with van der Waals surface area (Å²) in [6.07, 6.45) is 4.60. The van der Waals surface area contributed by atoms with Gasteiger partial charge in [-0.15, -0.1) is 0 Å². The van der Waals surface area contributed by atoms with Crippen LogP contribution in [-0.4, -0.2) is 22.6 Å². The smallest absolute Gasteiger partial charge is 0.129 e. The van der Waals surface area contributed by atoms with E-state index in [9.17, 15) is 0 Å². The van der Waals surface area contributed by atoms with Gasteiger partial charge in [-0.3, -0.25) is 0 Å².